The zero-order valence-corrected chi connectivity index (χ0v) is 14.8. The topological polar surface area (TPSA) is 48.1 Å². The first-order valence-corrected chi connectivity index (χ1v) is 8.30. The summed E-state index contributed by atoms with van der Waals surface area (Å²) in [5.41, 5.74) is 2.28. The highest BCUT2D eigenvalue weighted by atomic mass is 35.5. The summed E-state index contributed by atoms with van der Waals surface area (Å²) in [5.74, 6) is -0.469. The normalized spacial score (nSPS) is 12.5. The molecule has 0 spiro atoms. The van der Waals surface area contributed by atoms with E-state index in [0.29, 0.717) is 17.3 Å². The average Bonchev–Trinajstić information content (AvgIpc) is 2.99. The quantitative estimate of drug-likeness (QED) is 0.723. The maximum atomic E-state index is 13.1. The van der Waals surface area contributed by atoms with Gasteiger partial charge in [0, 0.05) is 22.5 Å². The van der Waals surface area contributed by atoms with E-state index in [1.165, 1.54) is 12.1 Å². The van der Waals surface area contributed by atoms with Gasteiger partial charge < -0.3 is 15.2 Å². The lowest BCUT2D eigenvalue weighted by molar-refractivity contribution is 0.0937. The van der Waals surface area contributed by atoms with Gasteiger partial charge in [-0.25, -0.2) is 4.39 Å². The summed E-state index contributed by atoms with van der Waals surface area (Å²) in [4.78, 5) is 17.5. The summed E-state index contributed by atoms with van der Waals surface area (Å²) in [7, 11) is 3.84. The van der Waals surface area contributed by atoms with E-state index in [1.807, 2.05) is 31.1 Å². The number of carbonyl (C=O) groups excluding carboxylic acids is 1. The molecule has 0 aliphatic rings. The minimum absolute atomic E-state index is 0.0524. The molecule has 1 heterocycles. The lowest BCUT2D eigenvalue weighted by Gasteiger charge is -2.25. The minimum atomic E-state index is -0.276. The highest BCUT2D eigenvalue weighted by Crippen LogP contribution is 2.21. The first kappa shape index (κ1) is 17.5. The summed E-state index contributed by atoms with van der Waals surface area (Å²) < 4.78 is 13.1. The first-order chi connectivity index (χ1) is 11.9. The molecule has 0 bridgehead atoms. The Balaban J connectivity index is 1.73. The summed E-state index contributed by atoms with van der Waals surface area (Å²) >= 11 is 5.98. The number of benzene rings is 2. The number of amides is 1. The van der Waals surface area contributed by atoms with E-state index >= 15 is 0 Å². The maximum absolute atomic E-state index is 13.1. The van der Waals surface area contributed by atoms with Crippen LogP contribution in [0.4, 0.5) is 4.39 Å². The number of nitrogens with zero attached hydrogens (tertiary/aromatic N) is 1. The molecule has 1 unspecified atom stereocenters. The van der Waals surface area contributed by atoms with Gasteiger partial charge >= 0.3 is 0 Å². The van der Waals surface area contributed by atoms with Crippen molar-refractivity contribution in [2.45, 2.75) is 6.04 Å². The fourth-order valence-electron chi connectivity index (χ4n) is 2.79. The van der Waals surface area contributed by atoms with Crippen LogP contribution in [0.15, 0.2) is 48.5 Å². The third-order valence-corrected chi connectivity index (χ3v) is 4.40. The molecule has 25 heavy (non-hydrogen) atoms. The van der Waals surface area contributed by atoms with Crippen molar-refractivity contribution in [2.24, 2.45) is 0 Å². The number of halogens is 2. The van der Waals surface area contributed by atoms with Crippen LogP contribution in [0, 0.1) is 5.82 Å². The van der Waals surface area contributed by atoms with Gasteiger partial charge in [-0.1, -0.05) is 23.7 Å². The molecule has 2 N–H and O–H groups in total. The van der Waals surface area contributed by atoms with Crippen molar-refractivity contribution in [1.82, 2.24) is 15.2 Å². The van der Waals surface area contributed by atoms with Gasteiger partial charge in [-0.3, -0.25) is 4.79 Å². The van der Waals surface area contributed by atoms with Gasteiger partial charge in [-0.2, -0.15) is 0 Å². The van der Waals surface area contributed by atoms with Crippen LogP contribution in [0.3, 0.4) is 0 Å². The van der Waals surface area contributed by atoms with E-state index in [9.17, 15) is 9.18 Å². The highest BCUT2D eigenvalue weighted by Gasteiger charge is 2.17. The Labute approximate surface area is 150 Å². The number of likely N-dealkylation sites (N-methyl/N-ethyl adjacent to an activating group) is 1. The zero-order valence-electron chi connectivity index (χ0n) is 14.0. The van der Waals surface area contributed by atoms with Gasteiger partial charge in [0.2, 0.25) is 0 Å². The summed E-state index contributed by atoms with van der Waals surface area (Å²) in [6.07, 6.45) is 0. The summed E-state index contributed by atoms with van der Waals surface area (Å²) in [6.45, 7) is 0.410. The number of H-pyrrole nitrogens is 1. The number of carbonyl (C=O) groups is 1. The van der Waals surface area contributed by atoms with Crippen molar-refractivity contribution in [2.75, 3.05) is 20.6 Å². The second kappa shape index (κ2) is 7.25. The van der Waals surface area contributed by atoms with Gasteiger partial charge in [0.25, 0.3) is 5.91 Å². The van der Waals surface area contributed by atoms with Gasteiger partial charge in [0.15, 0.2) is 0 Å². The van der Waals surface area contributed by atoms with E-state index in [-0.39, 0.29) is 17.8 Å². The first-order valence-electron chi connectivity index (χ1n) is 7.92. The molecular formula is C19H19ClFN3O. The van der Waals surface area contributed by atoms with Crippen LogP contribution in [0.2, 0.25) is 5.02 Å². The lowest BCUT2D eigenvalue weighted by atomic mass is 10.1. The Morgan fingerprint density at radius 3 is 2.60 bits per heavy atom. The molecule has 1 atom stereocenters. The molecule has 130 valence electrons. The number of hydrogen-bond acceptors (Lipinski definition) is 2. The van der Waals surface area contributed by atoms with Crippen LogP contribution in [0.1, 0.15) is 22.1 Å². The standard InChI is InChI=1S/C19H19ClFN3O/c1-24(2)18(12-3-6-15(21)7-4-12)11-22-19(25)17-10-13-9-14(20)5-8-16(13)23-17/h3-10,18,23H,11H2,1-2H3,(H,22,25). The van der Waals surface area contributed by atoms with E-state index in [4.69, 9.17) is 11.6 Å². The Bertz CT molecular complexity index is 889. The van der Waals surface area contributed by atoms with Gasteiger partial charge in [-0.15, -0.1) is 0 Å². The molecule has 0 aliphatic carbocycles. The number of nitrogens with one attached hydrogen (secondary N) is 2. The Morgan fingerprint density at radius 2 is 1.92 bits per heavy atom. The zero-order chi connectivity index (χ0) is 18.0. The average molecular weight is 360 g/mol. The molecule has 0 aliphatic heterocycles. The molecule has 0 radical (unpaired) electrons. The van der Waals surface area contributed by atoms with E-state index in [1.54, 1.807) is 24.3 Å². The summed E-state index contributed by atoms with van der Waals surface area (Å²) in [5, 5.41) is 4.45. The van der Waals surface area contributed by atoms with Crippen molar-refractivity contribution in [1.29, 1.82) is 0 Å². The van der Waals surface area contributed by atoms with Gasteiger partial charge in [0.1, 0.15) is 11.5 Å². The molecule has 4 nitrogen and oxygen atoms in total. The van der Waals surface area contributed by atoms with Crippen molar-refractivity contribution < 1.29 is 9.18 Å². The third kappa shape index (κ3) is 4.00. The minimum Gasteiger partial charge on any atom is -0.351 e. The number of rotatable bonds is 5. The van der Waals surface area contributed by atoms with Crippen LogP contribution in [0.5, 0.6) is 0 Å². The van der Waals surface area contributed by atoms with Crippen LogP contribution < -0.4 is 5.32 Å². The SMILES string of the molecule is CN(C)C(CNC(=O)c1cc2cc(Cl)ccc2[nH]1)c1ccc(F)cc1. The van der Waals surface area contributed by atoms with Gasteiger partial charge in [0.05, 0.1) is 6.04 Å². The molecular weight excluding hydrogens is 341 g/mol. The highest BCUT2D eigenvalue weighted by molar-refractivity contribution is 6.31. The molecule has 1 aromatic heterocycles. The molecule has 2 aromatic carbocycles. The molecule has 0 saturated carbocycles. The van der Waals surface area contributed by atoms with Gasteiger partial charge in [-0.05, 0) is 56.1 Å². The number of aromatic nitrogens is 1. The smallest absolute Gasteiger partial charge is 0.267 e. The fraction of sp³-hybridized carbons (Fsp3) is 0.211. The van der Waals surface area contributed by atoms with Crippen LogP contribution in [-0.2, 0) is 0 Å². The Kier molecular flexibility index (Phi) is 5.06. The third-order valence-electron chi connectivity index (χ3n) is 4.16. The second-order valence-corrected chi connectivity index (χ2v) is 6.59. The molecule has 6 heteroatoms. The fourth-order valence-corrected chi connectivity index (χ4v) is 2.97. The molecule has 3 aromatic rings. The van der Waals surface area contributed by atoms with Crippen LogP contribution in [0.25, 0.3) is 10.9 Å². The van der Waals surface area contributed by atoms with Crippen molar-refractivity contribution >= 4 is 28.4 Å². The van der Waals surface area contributed by atoms with E-state index < -0.39 is 0 Å². The maximum Gasteiger partial charge on any atom is 0.267 e. The number of fused-ring (bicyclic) bond motifs is 1. The van der Waals surface area contributed by atoms with Crippen molar-refractivity contribution in [3.8, 4) is 0 Å². The van der Waals surface area contributed by atoms with Crippen molar-refractivity contribution in [3.05, 3.63) is 70.6 Å². The Morgan fingerprint density at radius 1 is 1.20 bits per heavy atom. The second-order valence-electron chi connectivity index (χ2n) is 6.16. The van der Waals surface area contributed by atoms with Crippen LogP contribution in [-0.4, -0.2) is 36.4 Å². The lowest BCUT2D eigenvalue weighted by Crippen LogP contribution is -2.34. The Hall–Kier alpha value is -2.37. The van der Waals surface area contributed by atoms with E-state index in [0.717, 1.165) is 16.5 Å². The van der Waals surface area contributed by atoms with Crippen LogP contribution >= 0.6 is 11.6 Å². The molecule has 1 amide bonds. The predicted molar refractivity (Wildman–Crippen MR) is 98.5 cm³/mol. The number of aromatic amines is 1. The number of hydrogen-bond donors (Lipinski definition) is 2. The van der Waals surface area contributed by atoms with Crippen molar-refractivity contribution in [3.63, 3.8) is 0 Å². The largest absolute Gasteiger partial charge is 0.351 e. The van der Waals surface area contributed by atoms with E-state index in [2.05, 4.69) is 10.3 Å². The molecule has 0 fully saturated rings. The predicted octanol–water partition coefficient (Wildman–Crippen LogP) is 3.99. The summed E-state index contributed by atoms with van der Waals surface area (Å²) in [6, 6.07) is 13.5. The monoisotopic (exact) mass is 359 g/mol. The molecule has 0 saturated heterocycles. The molecule has 3 rings (SSSR count).